The Hall–Kier alpha value is -3.53. The lowest BCUT2D eigenvalue weighted by Gasteiger charge is -2.12. The van der Waals surface area contributed by atoms with Gasteiger partial charge < -0.3 is 5.32 Å². The van der Waals surface area contributed by atoms with E-state index in [-0.39, 0.29) is 0 Å². The van der Waals surface area contributed by atoms with Crippen molar-refractivity contribution < 1.29 is 0 Å². The third kappa shape index (κ3) is 2.62. The minimum absolute atomic E-state index is 0.689. The molecule has 0 unspecified atom stereocenters. The summed E-state index contributed by atoms with van der Waals surface area (Å²) in [5.74, 6) is 1.50. The second kappa shape index (κ2) is 6.08. The van der Waals surface area contributed by atoms with Crippen LogP contribution < -0.4 is 5.32 Å². The van der Waals surface area contributed by atoms with Crippen LogP contribution in [-0.4, -0.2) is 15.0 Å². The molecular formula is C22H16N4. The molecule has 2 aromatic heterocycles. The van der Waals surface area contributed by atoms with Crippen LogP contribution in [0.15, 0.2) is 73.1 Å². The lowest BCUT2D eigenvalue weighted by Crippen LogP contribution is -2.00. The highest BCUT2D eigenvalue weighted by Crippen LogP contribution is 2.29. The fraction of sp³-hybridized carbons (Fsp3) is 0.0455. The van der Waals surface area contributed by atoms with Gasteiger partial charge in [0.05, 0.1) is 5.52 Å². The van der Waals surface area contributed by atoms with Gasteiger partial charge in [0.25, 0.3) is 0 Å². The van der Waals surface area contributed by atoms with Crippen LogP contribution >= 0.6 is 0 Å². The minimum atomic E-state index is 0.689. The highest BCUT2D eigenvalue weighted by atomic mass is 15.0. The van der Waals surface area contributed by atoms with Crippen LogP contribution in [0.4, 0.5) is 11.5 Å². The van der Waals surface area contributed by atoms with Gasteiger partial charge in [-0.3, -0.25) is 4.98 Å². The molecule has 0 radical (unpaired) electrons. The Balaban J connectivity index is 1.63. The van der Waals surface area contributed by atoms with Gasteiger partial charge in [0.2, 0.25) is 0 Å². The summed E-state index contributed by atoms with van der Waals surface area (Å²) >= 11 is 0. The molecule has 0 bridgehead atoms. The highest BCUT2D eigenvalue weighted by Gasteiger charge is 2.11. The van der Waals surface area contributed by atoms with E-state index in [4.69, 9.17) is 9.97 Å². The highest BCUT2D eigenvalue weighted by molar-refractivity contribution is 5.92. The molecule has 4 nitrogen and oxygen atoms in total. The van der Waals surface area contributed by atoms with Gasteiger partial charge in [0, 0.05) is 29.0 Å². The molecule has 0 amide bonds. The topological polar surface area (TPSA) is 50.7 Å². The molecular weight excluding hydrogens is 320 g/mol. The van der Waals surface area contributed by atoms with Crippen molar-refractivity contribution in [2.24, 2.45) is 0 Å². The molecule has 0 saturated heterocycles. The number of nitrogens with one attached hydrogen (secondary N) is 1. The van der Waals surface area contributed by atoms with Gasteiger partial charge in [0.15, 0.2) is 5.82 Å². The molecule has 4 aromatic rings. The maximum absolute atomic E-state index is 4.79. The third-order valence-electron chi connectivity index (χ3n) is 4.59. The zero-order valence-electron chi connectivity index (χ0n) is 14.1. The second-order valence-electron chi connectivity index (χ2n) is 6.29. The first kappa shape index (κ1) is 14.8. The Morgan fingerprint density at radius 2 is 1.77 bits per heavy atom. The largest absolute Gasteiger partial charge is 0.340 e. The van der Waals surface area contributed by atoms with Gasteiger partial charge in [-0.25, -0.2) is 9.97 Å². The smallest absolute Gasteiger partial charge is 0.162 e. The summed E-state index contributed by atoms with van der Waals surface area (Å²) in [7, 11) is 0. The fourth-order valence-corrected chi connectivity index (χ4v) is 3.27. The molecule has 2 heterocycles. The maximum Gasteiger partial charge on any atom is 0.162 e. The first-order chi connectivity index (χ1) is 12.9. The molecule has 1 N–H and O–H groups in total. The summed E-state index contributed by atoms with van der Waals surface area (Å²) in [5.41, 5.74) is 5.52. The second-order valence-corrected chi connectivity index (χ2v) is 6.29. The van der Waals surface area contributed by atoms with Crippen molar-refractivity contribution in [2.45, 2.75) is 6.42 Å². The number of anilines is 2. The quantitative estimate of drug-likeness (QED) is 0.572. The summed E-state index contributed by atoms with van der Waals surface area (Å²) in [6.07, 6.45) is 8.89. The maximum atomic E-state index is 4.79. The molecule has 0 fully saturated rings. The van der Waals surface area contributed by atoms with Gasteiger partial charge >= 0.3 is 0 Å². The Bertz CT molecular complexity index is 1130. The van der Waals surface area contributed by atoms with Crippen molar-refractivity contribution in [2.75, 3.05) is 5.32 Å². The summed E-state index contributed by atoms with van der Waals surface area (Å²) < 4.78 is 0. The van der Waals surface area contributed by atoms with E-state index < -0.39 is 0 Å². The molecule has 26 heavy (non-hydrogen) atoms. The summed E-state index contributed by atoms with van der Waals surface area (Å²) in [5, 5.41) is 4.49. The van der Waals surface area contributed by atoms with Gasteiger partial charge in [0.1, 0.15) is 5.82 Å². The Morgan fingerprint density at radius 3 is 2.69 bits per heavy atom. The van der Waals surface area contributed by atoms with Gasteiger partial charge in [-0.1, -0.05) is 30.4 Å². The predicted molar refractivity (Wildman–Crippen MR) is 105 cm³/mol. The molecule has 0 atom stereocenters. The third-order valence-corrected chi connectivity index (χ3v) is 4.59. The predicted octanol–water partition coefficient (Wildman–Crippen LogP) is 5.00. The molecule has 4 heteroatoms. The fourth-order valence-electron chi connectivity index (χ4n) is 3.27. The number of para-hydroxylation sites is 1. The Labute approximate surface area is 151 Å². The van der Waals surface area contributed by atoms with E-state index in [9.17, 15) is 0 Å². The van der Waals surface area contributed by atoms with Crippen molar-refractivity contribution in [3.8, 4) is 11.4 Å². The first-order valence-corrected chi connectivity index (χ1v) is 8.60. The zero-order valence-corrected chi connectivity index (χ0v) is 14.1. The van der Waals surface area contributed by atoms with Crippen LogP contribution in [0.1, 0.15) is 11.1 Å². The number of aromatic nitrogens is 3. The number of hydrogen-bond donors (Lipinski definition) is 1. The van der Waals surface area contributed by atoms with E-state index in [1.807, 2.05) is 36.4 Å². The molecule has 124 valence electrons. The Morgan fingerprint density at radius 1 is 0.885 bits per heavy atom. The van der Waals surface area contributed by atoms with E-state index >= 15 is 0 Å². The van der Waals surface area contributed by atoms with Crippen LogP contribution in [0.25, 0.3) is 28.4 Å². The van der Waals surface area contributed by atoms with Crippen molar-refractivity contribution in [1.29, 1.82) is 0 Å². The zero-order chi connectivity index (χ0) is 17.3. The normalized spacial score (nSPS) is 12.3. The van der Waals surface area contributed by atoms with E-state index in [1.54, 1.807) is 12.4 Å². The van der Waals surface area contributed by atoms with E-state index in [2.05, 4.69) is 40.7 Å². The van der Waals surface area contributed by atoms with Crippen molar-refractivity contribution in [3.63, 3.8) is 0 Å². The number of hydrogen-bond acceptors (Lipinski definition) is 4. The van der Waals surface area contributed by atoms with E-state index in [0.717, 1.165) is 34.4 Å². The average Bonchev–Trinajstić information content (AvgIpc) is 3.16. The number of benzene rings is 2. The molecule has 1 aliphatic rings. The van der Waals surface area contributed by atoms with Crippen LogP contribution in [0, 0.1) is 0 Å². The molecule has 5 rings (SSSR count). The molecule has 0 aliphatic heterocycles. The van der Waals surface area contributed by atoms with Crippen LogP contribution in [-0.2, 0) is 6.42 Å². The van der Waals surface area contributed by atoms with Crippen LogP contribution in [0.5, 0.6) is 0 Å². The van der Waals surface area contributed by atoms with Crippen LogP contribution in [0.2, 0.25) is 0 Å². The first-order valence-electron chi connectivity index (χ1n) is 8.60. The van der Waals surface area contributed by atoms with Crippen LogP contribution in [0.3, 0.4) is 0 Å². The number of rotatable bonds is 3. The Kier molecular flexibility index (Phi) is 3.46. The van der Waals surface area contributed by atoms with E-state index in [1.165, 1.54) is 11.1 Å². The number of nitrogens with zero attached hydrogens (tertiary/aromatic N) is 3. The molecule has 0 spiro atoms. The molecule has 0 saturated carbocycles. The van der Waals surface area contributed by atoms with Gasteiger partial charge in [-0.2, -0.15) is 0 Å². The van der Waals surface area contributed by atoms with Gasteiger partial charge in [-0.05, 0) is 53.9 Å². The lowest BCUT2D eigenvalue weighted by atomic mass is 10.1. The van der Waals surface area contributed by atoms with Crippen molar-refractivity contribution in [1.82, 2.24) is 15.0 Å². The lowest BCUT2D eigenvalue weighted by molar-refractivity contribution is 1.21. The average molecular weight is 336 g/mol. The number of fused-ring (bicyclic) bond motifs is 2. The molecule has 1 aliphatic carbocycles. The SMILES string of the molecule is C1=Cc2cc(Nc3nc(-c4ccncc4)nc4ccccc34)ccc2C1. The summed E-state index contributed by atoms with van der Waals surface area (Å²) in [6.45, 7) is 0. The summed E-state index contributed by atoms with van der Waals surface area (Å²) in [6, 6.07) is 18.4. The number of allylic oxidation sites excluding steroid dienone is 1. The monoisotopic (exact) mass is 336 g/mol. The standard InChI is InChI=1S/C22H16N4/c1-2-7-20-19(6-1)22(26-21(25-20)16-10-12-23-13-11-16)24-18-9-8-15-4-3-5-17(15)14-18/h1-3,5-14H,4H2,(H,24,25,26). The van der Waals surface area contributed by atoms with Crippen molar-refractivity contribution >= 4 is 28.5 Å². The van der Waals surface area contributed by atoms with Gasteiger partial charge in [-0.15, -0.1) is 0 Å². The number of pyridine rings is 1. The summed E-state index contributed by atoms with van der Waals surface area (Å²) in [4.78, 5) is 13.6. The van der Waals surface area contributed by atoms with E-state index in [0.29, 0.717) is 5.82 Å². The molecule has 2 aromatic carbocycles. The van der Waals surface area contributed by atoms with Crippen molar-refractivity contribution in [3.05, 3.63) is 84.2 Å². The minimum Gasteiger partial charge on any atom is -0.340 e.